The second-order valence-electron chi connectivity index (χ2n) is 4.59. The second kappa shape index (κ2) is 7.79. The van der Waals surface area contributed by atoms with Crippen LogP contribution in [0.15, 0.2) is 24.3 Å². The van der Waals surface area contributed by atoms with Crippen molar-refractivity contribution in [3.05, 3.63) is 29.8 Å². The van der Waals surface area contributed by atoms with Crippen molar-refractivity contribution in [3.8, 4) is 5.75 Å². The highest BCUT2D eigenvalue weighted by Gasteiger charge is 2.17. The molecule has 2 N–H and O–H groups in total. The Bertz CT molecular complexity index is 441. The summed E-state index contributed by atoms with van der Waals surface area (Å²) in [4.78, 5) is 13.9. The van der Waals surface area contributed by atoms with Crippen LogP contribution in [0.1, 0.15) is 24.2 Å². The number of hydrogen-bond acceptors (Lipinski definition) is 3. The van der Waals surface area contributed by atoms with Gasteiger partial charge in [0.15, 0.2) is 0 Å². The van der Waals surface area contributed by atoms with Gasteiger partial charge in [-0.05, 0) is 37.6 Å². The molecule has 0 fully saturated rings. The molecule has 0 aliphatic heterocycles. The molecular weight excluding hydrogens is 266 g/mol. The molecule has 0 aliphatic rings. The molecule has 0 heterocycles. The number of rotatable bonds is 7. The molecule has 1 rings (SSSR count). The fraction of sp³-hybridized carbons (Fsp3) is 0.500. The Morgan fingerprint density at radius 2 is 2.15 bits per heavy atom. The topological polar surface area (TPSA) is 55.6 Å². The number of amides is 1. The highest BCUT2D eigenvalue weighted by Crippen LogP contribution is 2.17. The summed E-state index contributed by atoms with van der Waals surface area (Å²) in [5.41, 5.74) is 5.88. The summed E-state index contributed by atoms with van der Waals surface area (Å²) in [5.74, 6) is -0.0549. The molecule has 0 saturated carbocycles. The van der Waals surface area contributed by atoms with E-state index in [1.165, 1.54) is 18.2 Å². The highest BCUT2D eigenvalue weighted by molar-refractivity contribution is 5.94. The average molecular weight is 286 g/mol. The number of nitrogens with zero attached hydrogens (tertiary/aromatic N) is 1. The SMILES string of the molecule is CCN(CC(C)CN)C(=O)c1cccc(OC(F)F)c1. The van der Waals surface area contributed by atoms with Crippen molar-refractivity contribution in [2.24, 2.45) is 11.7 Å². The first-order chi connectivity index (χ1) is 9.47. The van der Waals surface area contributed by atoms with Gasteiger partial charge in [0, 0.05) is 18.7 Å². The van der Waals surface area contributed by atoms with Crippen LogP contribution in [0.25, 0.3) is 0 Å². The number of carbonyl (C=O) groups is 1. The molecule has 0 spiro atoms. The number of ether oxygens (including phenoxy) is 1. The molecule has 1 amide bonds. The van der Waals surface area contributed by atoms with Crippen molar-refractivity contribution in [3.63, 3.8) is 0 Å². The summed E-state index contributed by atoms with van der Waals surface area (Å²) in [6, 6.07) is 5.81. The number of alkyl halides is 2. The lowest BCUT2D eigenvalue weighted by atomic mass is 10.1. The average Bonchev–Trinajstić information content (AvgIpc) is 2.43. The van der Waals surface area contributed by atoms with Gasteiger partial charge in [-0.2, -0.15) is 8.78 Å². The van der Waals surface area contributed by atoms with E-state index in [0.29, 0.717) is 25.2 Å². The fourth-order valence-corrected chi connectivity index (χ4v) is 1.79. The van der Waals surface area contributed by atoms with Crippen molar-refractivity contribution >= 4 is 5.91 Å². The van der Waals surface area contributed by atoms with E-state index in [-0.39, 0.29) is 17.6 Å². The summed E-state index contributed by atoms with van der Waals surface area (Å²) in [6.45, 7) is 2.46. The van der Waals surface area contributed by atoms with E-state index < -0.39 is 6.61 Å². The van der Waals surface area contributed by atoms with Crippen LogP contribution in [0.4, 0.5) is 8.78 Å². The fourth-order valence-electron chi connectivity index (χ4n) is 1.79. The summed E-state index contributed by atoms with van der Waals surface area (Å²) >= 11 is 0. The quantitative estimate of drug-likeness (QED) is 0.837. The molecule has 0 saturated heterocycles. The van der Waals surface area contributed by atoms with E-state index in [0.717, 1.165) is 0 Å². The van der Waals surface area contributed by atoms with Gasteiger partial charge in [-0.3, -0.25) is 4.79 Å². The summed E-state index contributed by atoms with van der Waals surface area (Å²) < 4.78 is 28.6. The lowest BCUT2D eigenvalue weighted by Crippen LogP contribution is -2.36. The van der Waals surface area contributed by atoms with E-state index in [1.54, 1.807) is 11.0 Å². The van der Waals surface area contributed by atoms with Gasteiger partial charge in [-0.15, -0.1) is 0 Å². The van der Waals surface area contributed by atoms with Crippen LogP contribution in [0.3, 0.4) is 0 Å². The van der Waals surface area contributed by atoms with Gasteiger partial charge < -0.3 is 15.4 Å². The maximum absolute atomic E-state index is 12.3. The molecule has 4 nitrogen and oxygen atoms in total. The lowest BCUT2D eigenvalue weighted by molar-refractivity contribution is -0.0499. The van der Waals surface area contributed by atoms with Crippen molar-refractivity contribution in [2.75, 3.05) is 19.6 Å². The maximum atomic E-state index is 12.3. The molecule has 20 heavy (non-hydrogen) atoms. The van der Waals surface area contributed by atoms with Gasteiger partial charge in [0.05, 0.1) is 0 Å². The smallest absolute Gasteiger partial charge is 0.387 e. The minimum Gasteiger partial charge on any atom is -0.435 e. The van der Waals surface area contributed by atoms with Crippen LogP contribution in [-0.4, -0.2) is 37.1 Å². The molecule has 1 unspecified atom stereocenters. The standard InChI is InChI=1S/C14H20F2N2O2/c1-3-18(9-10(2)8-17)13(19)11-5-4-6-12(7-11)20-14(15)16/h4-7,10,14H,3,8-9,17H2,1-2H3. The molecule has 112 valence electrons. The van der Waals surface area contributed by atoms with Gasteiger partial charge >= 0.3 is 6.61 Å². The predicted octanol–water partition coefficient (Wildman–Crippen LogP) is 2.34. The highest BCUT2D eigenvalue weighted by atomic mass is 19.3. The Kier molecular flexibility index (Phi) is 6.38. The Balaban J connectivity index is 2.83. The summed E-state index contributed by atoms with van der Waals surface area (Å²) in [6.07, 6.45) is 0. The zero-order valence-corrected chi connectivity index (χ0v) is 11.7. The van der Waals surface area contributed by atoms with Gasteiger partial charge in [-0.25, -0.2) is 0 Å². The monoisotopic (exact) mass is 286 g/mol. The van der Waals surface area contributed by atoms with E-state index in [1.807, 2.05) is 13.8 Å². The van der Waals surface area contributed by atoms with E-state index in [9.17, 15) is 13.6 Å². The first-order valence-electron chi connectivity index (χ1n) is 6.52. The Morgan fingerprint density at radius 1 is 1.45 bits per heavy atom. The van der Waals surface area contributed by atoms with Crippen LogP contribution in [-0.2, 0) is 0 Å². The number of halogens is 2. The van der Waals surface area contributed by atoms with Crippen molar-refractivity contribution in [1.82, 2.24) is 4.90 Å². The second-order valence-corrected chi connectivity index (χ2v) is 4.59. The first kappa shape index (κ1) is 16.4. The zero-order valence-electron chi connectivity index (χ0n) is 11.7. The van der Waals surface area contributed by atoms with Crippen LogP contribution in [0, 0.1) is 5.92 Å². The number of nitrogens with two attached hydrogens (primary N) is 1. The Labute approximate surface area is 117 Å². The van der Waals surface area contributed by atoms with E-state index in [2.05, 4.69) is 4.74 Å². The van der Waals surface area contributed by atoms with Crippen molar-refractivity contribution < 1.29 is 18.3 Å². The molecular formula is C14H20F2N2O2. The molecule has 6 heteroatoms. The predicted molar refractivity (Wildman–Crippen MR) is 72.9 cm³/mol. The van der Waals surface area contributed by atoms with Crippen molar-refractivity contribution in [2.45, 2.75) is 20.5 Å². The zero-order chi connectivity index (χ0) is 15.1. The molecule has 0 bridgehead atoms. The third-order valence-corrected chi connectivity index (χ3v) is 2.91. The lowest BCUT2D eigenvalue weighted by Gasteiger charge is -2.24. The minimum atomic E-state index is -2.90. The number of carbonyl (C=O) groups excluding carboxylic acids is 1. The van der Waals surface area contributed by atoms with Gasteiger partial charge in [0.2, 0.25) is 0 Å². The molecule has 1 aromatic rings. The summed E-state index contributed by atoms with van der Waals surface area (Å²) in [5, 5.41) is 0. The van der Waals surface area contributed by atoms with Gasteiger partial charge in [0.1, 0.15) is 5.75 Å². The van der Waals surface area contributed by atoms with Crippen LogP contribution >= 0.6 is 0 Å². The van der Waals surface area contributed by atoms with Crippen LogP contribution in [0.5, 0.6) is 5.75 Å². The first-order valence-corrected chi connectivity index (χ1v) is 6.52. The van der Waals surface area contributed by atoms with Gasteiger partial charge in [0.25, 0.3) is 5.91 Å². The number of hydrogen-bond donors (Lipinski definition) is 1. The third-order valence-electron chi connectivity index (χ3n) is 2.91. The van der Waals surface area contributed by atoms with E-state index in [4.69, 9.17) is 5.73 Å². The molecule has 1 atom stereocenters. The van der Waals surface area contributed by atoms with Gasteiger partial charge in [-0.1, -0.05) is 13.0 Å². The molecule has 0 aliphatic carbocycles. The summed E-state index contributed by atoms with van der Waals surface area (Å²) in [7, 11) is 0. The third kappa shape index (κ3) is 4.77. The van der Waals surface area contributed by atoms with E-state index >= 15 is 0 Å². The minimum absolute atomic E-state index is 0.0197. The maximum Gasteiger partial charge on any atom is 0.387 e. The molecule has 0 radical (unpaired) electrons. The Hall–Kier alpha value is -1.69. The molecule has 1 aromatic carbocycles. The van der Waals surface area contributed by atoms with Crippen LogP contribution in [0.2, 0.25) is 0 Å². The Morgan fingerprint density at radius 3 is 2.70 bits per heavy atom. The van der Waals surface area contributed by atoms with Crippen LogP contribution < -0.4 is 10.5 Å². The number of benzene rings is 1. The largest absolute Gasteiger partial charge is 0.435 e. The molecule has 0 aromatic heterocycles. The van der Waals surface area contributed by atoms with Crippen molar-refractivity contribution in [1.29, 1.82) is 0 Å². The normalized spacial score (nSPS) is 12.3.